The lowest BCUT2D eigenvalue weighted by Gasteiger charge is -2.23. The van der Waals surface area contributed by atoms with Crippen LogP contribution in [0.15, 0.2) is 84.9 Å². The molecule has 0 aliphatic carbocycles. The number of para-hydroxylation sites is 1. The minimum absolute atomic E-state index is 0.0612. The Kier molecular flexibility index (Phi) is 5.70. The Balaban J connectivity index is 1.09. The van der Waals surface area contributed by atoms with Gasteiger partial charge in [0.05, 0.1) is 6.54 Å². The van der Waals surface area contributed by atoms with E-state index in [1.54, 1.807) is 35.2 Å². The van der Waals surface area contributed by atoms with Crippen LogP contribution in [0.1, 0.15) is 32.6 Å². The number of halogens is 1. The van der Waals surface area contributed by atoms with Crippen molar-refractivity contribution in [2.75, 3.05) is 24.8 Å². The highest BCUT2D eigenvalue weighted by atomic mass is 19.1. The Morgan fingerprint density at radius 1 is 0.850 bits per heavy atom. The summed E-state index contributed by atoms with van der Waals surface area (Å²) in [6.07, 6.45) is 0.608. The van der Waals surface area contributed by atoms with Gasteiger partial charge in [0.15, 0.2) is 11.5 Å². The number of hydrogen-bond donors (Lipinski definition) is 1. The number of rotatable bonds is 6. The maximum Gasteiger partial charge on any atom is 0.251 e. The fraction of sp³-hybridized carbons (Fsp3) is 0.188. The highest BCUT2D eigenvalue weighted by Gasteiger charge is 2.57. The Morgan fingerprint density at radius 2 is 1.57 bits per heavy atom. The second kappa shape index (κ2) is 9.41. The van der Waals surface area contributed by atoms with Gasteiger partial charge in [0.2, 0.25) is 12.7 Å². The number of benzene rings is 4. The zero-order valence-corrected chi connectivity index (χ0v) is 21.5. The Labute approximate surface area is 230 Å². The van der Waals surface area contributed by atoms with Crippen LogP contribution in [0.5, 0.6) is 17.2 Å². The molecule has 200 valence electrons. The molecule has 40 heavy (non-hydrogen) atoms. The van der Waals surface area contributed by atoms with Gasteiger partial charge in [-0.3, -0.25) is 9.59 Å². The third-order valence-corrected chi connectivity index (χ3v) is 7.81. The summed E-state index contributed by atoms with van der Waals surface area (Å²) in [4.78, 5) is 28.6. The van der Waals surface area contributed by atoms with Crippen molar-refractivity contribution in [3.63, 3.8) is 0 Å². The number of hydrogen-bond acceptors (Lipinski definition) is 5. The summed E-state index contributed by atoms with van der Waals surface area (Å²) in [6, 6.07) is 25.0. The van der Waals surface area contributed by atoms with Crippen LogP contribution in [-0.4, -0.2) is 31.8 Å². The minimum atomic E-state index is -0.961. The summed E-state index contributed by atoms with van der Waals surface area (Å²) in [5.74, 6) is 1.33. The van der Waals surface area contributed by atoms with E-state index in [1.807, 2.05) is 42.5 Å². The van der Waals surface area contributed by atoms with Crippen molar-refractivity contribution in [1.29, 1.82) is 0 Å². The molecule has 3 aliphatic heterocycles. The van der Waals surface area contributed by atoms with Gasteiger partial charge in [0.1, 0.15) is 23.6 Å². The van der Waals surface area contributed by atoms with Gasteiger partial charge >= 0.3 is 0 Å². The molecule has 2 amide bonds. The van der Waals surface area contributed by atoms with Crippen molar-refractivity contribution in [1.82, 2.24) is 5.32 Å². The molecule has 4 aromatic carbocycles. The summed E-state index contributed by atoms with van der Waals surface area (Å²) in [6.45, 7) is 1.14. The number of ether oxygens (including phenoxy) is 3. The molecule has 1 unspecified atom stereocenters. The number of carbonyl (C=O) groups is 2. The number of nitrogens with zero attached hydrogens (tertiary/aromatic N) is 1. The van der Waals surface area contributed by atoms with Gasteiger partial charge in [0, 0.05) is 29.4 Å². The van der Waals surface area contributed by atoms with E-state index in [4.69, 9.17) is 14.2 Å². The summed E-state index contributed by atoms with van der Waals surface area (Å²) in [5, 5.41) is 2.90. The molecule has 0 aromatic heterocycles. The highest BCUT2D eigenvalue weighted by Crippen LogP contribution is 2.55. The Morgan fingerprint density at radius 3 is 2.38 bits per heavy atom. The lowest BCUT2D eigenvalue weighted by Crippen LogP contribution is -2.42. The molecule has 7 rings (SSSR count). The number of amides is 2. The normalized spacial score (nSPS) is 18.0. The van der Waals surface area contributed by atoms with Gasteiger partial charge in [-0.15, -0.1) is 0 Å². The van der Waals surface area contributed by atoms with Crippen molar-refractivity contribution in [3.05, 3.63) is 119 Å². The first-order chi connectivity index (χ1) is 19.5. The van der Waals surface area contributed by atoms with E-state index in [1.165, 1.54) is 12.1 Å². The van der Waals surface area contributed by atoms with Gasteiger partial charge < -0.3 is 24.4 Å². The molecule has 0 saturated heterocycles. The van der Waals surface area contributed by atoms with E-state index >= 15 is 0 Å². The first-order valence-electron chi connectivity index (χ1n) is 13.1. The molecule has 4 aromatic rings. The van der Waals surface area contributed by atoms with Gasteiger partial charge in [-0.05, 0) is 59.5 Å². The van der Waals surface area contributed by atoms with E-state index < -0.39 is 5.41 Å². The largest absolute Gasteiger partial charge is 0.491 e. The van der Waals surface area contributed by atoms with E-state index in [0.717, 1.165) is 27.9 Å². The van der Waals surface area contributed by atoms with Crippen molar-refractivity contribution in [3.8, 4) is 17.2 Å². The van der Waals surface area contributed by atoms with Crippen LogP contribution in [-0.2, 0) is 23.2 Å². The SMILES string of the molecule is O=C(NCCc1ccc(F)cc1)c1ccc(CN2C(=O)C3(COc4cc5c(cc43)OCO5)c3ccccc32)cc1. The van der Waals surface area contributed by atoms with Gasteiger partial charge in [0.25, 0.3) is 5.91 Å². The molecule has 0 bridgehead atoms. The molecular weight excluding hydrogens is 511 g/mol. The molecule has 0 saturated carbocycles. The summed E-state index contributed by atoms with van der Waals surface area (Å²) in [7, 11) is 0. The zero-order valence-electron chi connectivity index (χ0n) is 21.5. The molecule has 0 radical (unpaired) electrons. The molecule has 3 aliphatic rings. The second-order valence-electron chi connectivity index (χ2n) is 10.1. The van der Waals surface area contributed by atoms with Crippen LogP contribution in [0, 0.1) is 5.82 Å². The van der Waals surface area contributed by atoms with Crippen LogP contribution in [0.3, 0.4) is 0 Å². The molecule has 0 fully saturated rings. The number of carbonyl (C=O) groups excluding carboxylic acids is 2. The van der Waals surface area contributed by atoms with Gasteiger partial charge in [-0.2, -0.15) is 0 Å². The van der Waals surface area contributed by atoms with E-state index in [0.29, 0.717) is 42.3 Å². The van der Waals surface area contributed by atoms with Gasteiger partial charge in [-0.1, -0.05) is 42.5 Å². The average Bonchev–Trinajstić information content (AvgIpc) is 3.66. The third-order valence-electron chi connectivity index (χ3n) is 7.81. The third kappa shape index (κ3) is 3.87. The van der Waals surface area contributed by atoms with Crippen molar-refractivity contribution < 1.29 is 28.2 Å². The lowest BCUT2D eigenvalue weighted by molar-refractivity contribution is -0.122. The average molecular weight is 537 g/mol. The number of nitrogens with one attached hydrogen (secondary N) is 1. The highest BCUT2D eigenvalue weighted by molar-refractivity contribution is 6.11. The fourth-order valence-electron chi connectivity index (χ4n) is 5.74. The molecular formula is C32H25FN2O5. The first kappa shape index (κ1) is 24.2. The second-order valence-corrected chi connectivity index (χ2v) is 10.1. The Hall–Kier alpha value is -4.85. The molecule has 1 spiro atoms. The van der Waals surface area contributed by atoms with E-state index in [-0.39, 0.29) is 31.0 Å². The van der Waals surface area contributed by atoms with Crippen molar-refractivity contribution in [2.24, 2.45) is 0 Å². The number of anilines is 1. The molecule has 8 heteroatoms. The fourth-order valence-corrected chi connectivity index (χ4v) is 5.74. The summed E-state index contributed by atoms with van der Waals surface area (Å²) < 4.78 is 30.2. The zero-order chi connectivity index (χ0) is 27.3. The topological polar surface area (TPSA) is 77.1 Å². The lowest BCUT2D eigenvalue weighted by atomic mass is 9.77. The van der Waals surface area contributed by atoms with E-state index in [9.17, 15) is 14.0 Å². The standard InChI is InChI=1S/C32H25FN2O5/c33-23-11-7-20(8-12-23)13-14-34-30(36)22-9-5-21(6-10-22)17-35-26-4-2-1-3-24(26)32(31(35)37)18-38-27-16-29-28(15-25(27)32)39-19-40-29/h1-12,15-16H,13-14,17-19H2,(H,34,36). The van der Waals surface area contributed by atoms with Crippen LogP contribution in [0.2, 0.25) is 0 Å². The predicted molar refractivity (Wildman–Crippen MR) is 145 cm³/mol. The maximum absolute atomic E-state index is 14.2. The molecule has 1 atom stereocenters. The number of fused-ring (bicyclic) bond motifs is 5. The summed E-state index contributed by atoms with van der Waals surface area (Å²) >= 11 is 0. The molecule has 7 nitrogen and oxygen atoms in total. The monoisotopic (exact) mass is 536 g/mol. The van der Waals surface area contributed by atoms with Crippen LogP contribution >= 0.6 is 0 Å². The van der Waals surface area contributed by atoms with Crippen molar-refractivity contribution >= 4 is 17.5 Å². The van der Waals surface area contributed by atoms with Crippen LogP contribution < -0.4 is 24.4 Å². The van der Waals surface area contributed by atoms with E-state index in [2.05, 4.69) is 5.32 Å². The Bertz CT molecular complexity index is 1640. The minimum Gasteiger partial charge on any atom is -0.491 e. The van der Waals surface area contributed by atoms with Crippen LogP contribution in [0.25, 0.3) is 0 Å². The maximum atomic E-state index is 14.2. The van der Waals surface area contributed by atoms with Gasteiger partial charge in [-0.25, -0.2) is 4.39 Å². The molecule has 1 N–H and O–H groups in total. The van der Waals surface area contributed by atoms with Crippen molar-refractivity contribution in [2.45, 2.75) is 18.4 Å². The van der Waals surface area contributed by atoms with Crippen LogP contribution in [0.4, 0.5) is 10.1 Å². The summed E-state index contributed by atoms with van der Waals surface area (Å²) in [5.41, 5.74) is 3.93. The first-order valence-corrected chi connectivity index (χ1v) is 13.1. The molecule has 3 heterocycles. The quantitative estimate of drug-likeness (QED) is 0.385. The smallest absolute Gasteiger partial charge is 0.251 e. The predicted octanol–water partition coefficient (Wildman–Crippen LogP) is 4.75.